The molecule has 18 heteroatoms. The van der Waals surface area contributed by atoms with Crippen LogP contribution in [0.5, 0.6) is 0 Å². The van der Waals surface area contributed by atoms with Crippen LogP contribution in [0.2, 0.25) is 25.7 Å². The standard InChI is InChI=1S/C38H55F6N5O5SSi/c1-24(54-25(2)37(39,40)41)32(48-55(51)36(3,4)5)34-46-29-20-28(16-17-30(29)49(34)23-52-18-19-56(6,7)8)33(27-14-15-27)45-21-31(38(42,43)44)47-35(50)53-22-26-12-10-9-11-13-26/h9-13,16-17,20,24-25,27,31-33,45,48H,14-15,18-19,21-23H2,1-8H3,(H,47,50)/t24-,25-,31?,32+,33-,55?/m1/s1/i21D2. The van der Waals surface area contributed by atoms with E-state index in [1.54, 1.807) is 79.2 Å². The SMILES string of the molecule is [2H]C([2H])(N[C@@H](c1ccc2c(c1)nc([C@@H](N[S+]([O-])C(C)(C)C)[C@@H](C)O[C@H](C)C(F)(F)F)n2COCC[Si](C)(C)C)C1CC1)C(NC(=O)OCc1ccccc1)C(F)(F)F. The van der Waals surface area contributed by atoms with Crippen molar-refractivity contribution in [3.8, 4) is 0 Å². The molecule has 4 rings (SSSR count). The molecule has 3 N–H and O–H groups in total. The van der Waals surface area contributed by atoms with Crippen LogP contribution in [-0.2, 0) is 38.9 Å². The fraction of sp³-hybridized carbons (Fsp3) is 0.632. The molecule has 0 bridgehead atoms. The molecule has 1 fully saturated rings. The summed E-state index contributed by atoms with van der Waals surface area (Å²) in [4.78, 5) is 17.3. The Balaban J connectivity index is 1.72. The van der Waals surface area contributed by atoms with Crippen LogP contribution in [0.1, 0.15) is 79.2 Å². The Morgan fingerprint density at radius 3 is 2.29 bits per heavy atom. The summed E-state index contributed by atoms with van der Waals surface area (Å²) >= 11 is -1.80. The van der Waals surface area contributed by atoms with E-state index in [-0.39, 0.29) is 30.6 Å². The monoisotopic (exact) mass is 837 g/mol. The van der Waals surface area contributed by atoms with Gasteiger partial charge in [-0.25, -0.2) is 9.78 Å². The summed E-state index contributed by atoms with van der Waals surface area (Å²) in [6.45, 7) is 10.7. The quantitative estimate of drug-likeness (QED) is 0.0475. The Morgan fingerprint density at radius 1 is 1.05 bits per heavy atom. The van der Waals surface area contributed by atoms with E-state index >= 15 is 0 Å². The van der Waals surface area contributed by atoms with Gasteiger partial charge in [0.15, 0.2) is 6.10 Å². The lowest BCUT2D eigenvalue weighted by molar-refractivity contribution is -0.227. The molecule has 2 aromatic carbocycles. The Bertz CT molecular complexity index is 1810. The molecule has 0 aliphatic heterocycles. The molecule has 1 amide bonds. The van der Waals surface area contributed by atoms with Gasteiger partial charge in [0, 0.05) is 41.3 Å². The highest BCUT2D eigenvalue weighted by atomic mass is 32.2. The summed E-state index contributed by atoms with van der Waals surface area (Å²) in [7, 11) is -1.53. The molecule has 6 atom stereocenters. The third kappa shape index (κ3) is 13.6. The number of hydrogen-bond acceptors (Lipinski definition) is 8. The molecule has 10 nitrogen and oxygen atoms in total. The van der Waals surface area contributed by atoms with Crippen molar-refractivity contribution < 1.29 is 52.6 Å². The van der Waals surface area contributed by atoms with Gasteiger partial charge < -0.3 is 34.0 Å². The largest absolute Gasteiger partial charge is 0.598 e. The summed E-state index contributed by atoms with van der Waals surface area (Å²) in [5.74, 6) is -0.111. The van der Waals surface area contributed by atoms with Crippen molar-refractivity contribution in [3.63, 3.8) is 0 Å². The zero-order valence-electron chi connectivity index (χ0n) is 34.9. The highest BCUT2D eigenvalue weighted by Gasteiger charge is 2.44. The maximum atomic E-state index is 14.4. The van der Waals surface area contributed by atoms with Crippen LogP contribution in [0, 0.1) is 5.92 Å². The molecule has 56 heavy (non-hydrogen) atoms. The van der Waals surface area contributed by atoms with Crippen molar-refractivity contribution in [2.75, 3.05) is 13.1 Å². The smallest absolute Gasteiger partial charge is 0.414 e. The van der Waals surface area contributed by atoms with Gasteiger partial charge in [0.25, 0.3) is 0 Å². The maximum absolute atomic E-state index is 14.4. The molecule has 314 valence electrons. The second-order valence-electron chi connectivity index (χ2n) is 16.3. The number of benzene rings is 2. The number of imidazole rings is 1. The van der Waals surface area contributed by atoms with Crippen LogP contribution < -0.4 is 15.4 Å². The normalized spacial score (nSPS) is 18.4. The van der Waals surface area contributed by atoms with Crippen molar-refractivity contribution in [3.05, 3.63) is 65.5 Å². The Labute approximate surface area is 331 Å². The van der Waals surface area contributed by atoms with Gasteiger partial charge in [0.05, 0.1) is 17.1 Å². The molecule has 1 heterocycles. The summed E-state index contributed by atoms with van der Waals surface area (Å²) in [6.07, 6.45) is -13.6. The first-order valence-electron chi connectivity index (χ1n) is 19.5. The van der Waals surface area contributed by atoms with Crippen LogP contribution in [0.25, 0.3) is 11.0 Å². The number of alkyl halides is 6. The number of carbonyl (C=O) groups is 1. The fourth-order valence-electron chi connectivity index (χ4n) is 5.55. The molecular weight excluding hydrogens is 781 g/mol. The minimum Gasteiger partial charge on any atom is -0.598 e. The molecule has 1 saturated carbocycles. The number of ether oxygens (including phenoxy) is 3. The number of rotatable bonds is 19. The van der Waals surface area contributed by atoms with Gasteiger partial charge in [-0.15, -0.1) is 4.72 Å². The van der Waals surface area contributed by atoms with Gasteiger partial charge in [-0.2, -0.15) is 26.3 Å². The van der Waals surface area contributed by atoms with Gasteiger partial charge in [0.2, 0.25) is 0 Å². The summed E-state index contributed by atoms with van der Waals surface area (Å²) in [5, 5.41) is 4.19. The number of alkyl carbamates (subject to hydrolysis) is 1. The number of nitrogens with one attached hydrogen (secondary N) is 3. The molecule has 0 spiro atoms. The number of nitrogens with zero attached hydrogens (tertiary/aromatic N) is 2. The van der Waals surface area contributed by atoms with Gasteiger partial charge >= 0.3 is 18.4 Å². The molecule has 0 radical (unpaired) electrons. The topological polar surface area (TPSA) is 122 Å². The summed E-state index contributed by atoms with van der Waals surface area (Å²) in [6, 6.07) is 8.81. The zero-order valence-corrected chi connectivity index (χ0v) is 34.8. The zero-order chi connectivity index (χ0) is 43.4. The first-order chi connectivity index (χ1) is 26.7. The van der Waals surface area contributed by atoms with E-state index in [0.717, 1.165) is 13.0 Å². The van der Waals surface area contributed by atoms with Crippen molar-refractivity contribution >= 4 is 36.6 Å². The minimum absolute atomic E-state index is 0.0797. The summed E-state index contributed by atoms with van der Waals surface area (Å²) < 4.78 is 135. The second kappa shape index (κ2) is 18.8. The van der Waals surface area contributed by atoms with Crippen molar-refractivity contribution in [2.45, 2.75) is 134 Å². The van der Waals surface area contributed by atoms with E-state index in [9.17, 15) is 35.7 Å². The number of amides is 1. The first-order valence-corrected chi connectivity index (χ1v) is 23.3. The Morgan fingerprint density at radius 2 is 1.71 bits per heavy atom. The van der Waals surface area contributed by atoms with Crippen LogP contribution in [0.15, 0.2) is 48.5 Å². The number of carbonyl (C=O) groups excluding carboxylic acids is 1. The molecule has 1 aliphatic carbocycles. The molecule has 1 aromatic heterocycles. The first kappa shape index (κ1) is 42.7. The van der Waals surface area contributed by atoms with E-state index in [1.807, 2.05) is 0 Å². The molecule has 0 saturated heterocycles. The predicted molar refractivity (Wildman–Crippen MR) is 207 cm³/mol. The third-order valence-corrected chi connectivity index (χ3v) is 12.4. The maximum Gasteiger partial charge on any atom is 0.414 e. The average Bonchev–Trinajstić information content (AvgIpc) is 3.88. The van der Waals surface area contributed by atoms with E-state index < -0.39 is 79.5 Å². The predicted octanol–water partition coefficient (Wildman–Crippen LogP) is 8.70. The second-order valence-corrected chi connectivity index (χ2v) is 23.9. The van der Waals surface area contributed by atoms with Gasteiger partial charge in [-0.3, -0.25) is 0 Å². The average molecular weight is 838 g/mol. The highest BCUT2D eigenvalue weighted by molar-refractivity contribution is 7.90. The van der Waals surface area contributed by atoms with Crippen LogP contribution >= 0.6 is 0 Å². The lowest BCUT2D eigenvalue weighted by atomic mass is 10.0. The number of fused-ring (bicyclic) bond motifs is 1. The molecular formula is C38H55F6N5O5SSi. The van der Waals surface area contributed by atoms with Crippen LogP contribution in [0.3, 0.4) is 0 Å². The van der Waals surface area contributed by atoms with Crippen LogP contribution in [0.4, 0.5) is 31.1 Å². The lowest BCUT2D eigenvalue weighted by Gasteiger charge is -2.32. The van der Waals surface area contributed by atoms with Gasteiger partial charge in [0.1, 0.15) is 36.0 Å². The number of aromatic nitrogens is 2. The number of hydrogen-bond donors (Lipinski definition) is 3. The number of halogens is 6. The van der Waals surface area contributed by atoms with Crippen molar-refractivity contribution in [1.82, 2.24) is 24.9 Å². The van der Waals surface area contributed by atoms with Gasteiger partial charge in [-0.05, 0) is 82.7 Å². The molecule has 1 aliphatic rings. The van der Waals surface area contributed by atoms with Crippen molar-refractivity contribution in [1.29, 1.82) is 0 Å². The van der Waals surface area contributed by atoms with Gasteiger partial charge in [-0.1, -0.05) is 56.0 Å². The Kier molecular flexibility index (Phi) is 14.3. The fourth-order valence-corrected chi connectivity index (χ4v) is 7.19. The lowest BCUT2D eigenvalue weighted by Crippen LogP contribution is -2.51. The van der Waals surface area contributed by atoms with E-state index in [1.165, 1.54) is 6.92 Å². The van der Waals surface area contributed by atoms with Crippen molar-refractivity contribution in [2.24, 2.45) is 5.92 Å². The molecule has 2 unspecified atom stereocenters. The van der Waals surface area contributed by atoms with Crippen LogP contribution in [-0.4, -0.2) is 76.7 Å². The third-order valence-electron chi connectivity index (χ3n) is 9.07. The molecule has 3 aromatic rings. The van der Waals surface area contributed by atoms with E-state index in [0.29, 0.717) is 36.1 Å². The van der Waals surface area contributed by atoms with E-state index in [2.05, 4.69) is 29.7 Å². The Hall–Kier alpha value is -2.87. The summed E-state index contributed by atoms with van der Waals surface area (Å²) in [5.41, 5.74) is 1.66. The van der Waals surface area contributed by atoms with E-state index in [4.69, 9.17) is 21.9 Å². The highest BCUT2D eigenvalue weighted by Crippen LogP contribution is 2.42. The minimum atomic E-state index is -5.22.